The Morgan fingerprint density at radius 2 is 1.83 bits per heavy atom. The van der Waals surface area contributed by atoms with Crippen LogP contribution < -0.4 is 0 Å². The number of hydrogen-bond acceptors (Lipinski definition) is 4. The van der Waals surface area contributed by atoms with Crippen LogP contribution in [0.4, 0.5) is 0 Å². The third-order valence-corrected chi connectivity index (χ3v) is 7.78. The number of thioether (sulfide) groups is 1. The summed E-state index contributed by atoms with van der Waals surface area (Å²) in [6.45, 7) is 0.638. The molecule has 1 atom stereocenters. The lowest BCUT2D eigenvalue weighted by Crippen LogP contribution is -2.51. The third-order valence-electron chi connectivity index (χ3n) is 6.60. The summed E-state index contributed by atoms with van der Waals surface area (Å²) < 4.78 is 0. The van der Waals surface area contributed by atoms with Crippen LogP contribution in [0.5, 0.6) is 0 Å². The molecule has 2 aliphatic heterocycles. The molecule has 2 aromatic carbocycles. The highest BCUT2D eigenvalue weighted by molar-refractivity contribution is 8.03. The van der Waals surface area contributed by atoms with E-state index in [4.69, 9.17) is 0 Å². The van der Waals surface area contributed by atoms with E-state index in [1.54, 1.807) is 11.8 Å². The molecule has 4 nitrogen and oxygen atoms in total. The molecular weight excluding hydrogens is 378 g/mol. The molecular formula is C24H25N3OS. The van der Waals surface area contributed by atoms with Crippen LogP contribution in [0.2, 0.25) is 0 Å². The van der Waals surface area contributed by atoms with Crippen molar-refractivity contribution in [3.05, 3.63) is 58.6 Å². The molecule has 1 saturated heterocycles. The average Bonchev–Trinajstić information content (AvgIpc) is 2.79. The van der Waals surface area contributed by atoms with E-state index in [2.05, 4.69) is 35.2 Å². The molecule has 1 aliphatic carbocycles. The van der Waals surface area contributed by atoms with Gasteiger partial charge in [0.05, 0.1) is 29.2 Å². The number of carbonyl (C=O) groups is 1. The third kappa shape index (κ3) is 3.35. The fourth-order valence-electron chi connectivity index (χ4n) is 5.07. The van der Waals surface area contributed by atoms with Crippen molar-refractivity contribution in [3.63, 3.8) is 0 Å². The van der Waals surface area contributed by atoms with Crippen LogP contribution in [0.1, 0.15) is 50.0 Å². The molecule has 5 rings (SSSR count). The lowest BCUT2D eigenvalue weighted by molar-refractivity contribution is -0.132. The van der Waals surface area contributed by atoms with Gasteiger partial charge in [0.25, 0.3) is 0 Å². The van der Waals surface area contributed by atoms with Gasteiger partial charge < -0.3 is 0 Å². The van der Waals surface area contributed by atoms with Crippen molar-refractivity contribution in [1.82, 2.24) is 9.80 Å². The lowest BCUT2D eigenvalue weighted by Gasteiger charge is -2.44. The quantitative estimate of drug-likeness (QED) is 0.692. The first-order valence-electron chi connectivity index (χ1n) is 10.6. The van der Waals surface area contributed by atoms with Crippen LogP contribution in [-0.2, 0) is 4.79 Å². The minimum Gasteiger partial charge on any atom is -0.292 e. The SMILES string of the molecule is N#CC1=C2SCN(C3CCCCC3)CN2C(=O)C[C@@H]1c1cccc2ccccc12. The summed E-state index contributed by atoms with van der Waals surface area (Å²) in [7, 11) is 0. The zero-order valence-electron chi connectivity index (χ0n) is 16.5. The van der Waals surface area contributed by atoms with Crippen LogP contribution >= 0.6 is 11.8 Å². The second-order valence-corrected chi connectivity index (χ2v) is 9.21. The van der Waals surface area contributed by atoms with Crippen molar-refractivity contribution in [2.75, 3.05) is 12.5 Å². The van der Waals surface area contributed by atoms with Crippen LogP contribution in [0.3, 0.4) is 0 Å². The lowest BCUT2D eigenvalue weighted by atomic mass is 9.84. The van der Waals surface area contributed by atoms with E-state index in [1.807, 2.05) is 23.1 Å². The molecule has 1 amide bonds. The first-order valence-corrected chi connectivity index (χ1v) is 11.5. The average molecular weight is 404 g/mol. The summed E-state index contributed by atoms with van der Waals surface area (Å²) in [5.74, 6) is 0.862. The minimum absolute atomic E-state index is 0.143. The van der Waals surface area contributed by atoms with Crippen molar-refractivity contribution in [2.45, 2.75) is 50.5 Å². The highest BCUT2D eigenvalue weighted by atomic mass is 32.2. The zero-order valence-corrected chi connectivity index (χ0v) is 17.3. The van der Waals surface area contributed by atoms with E-state index in [0.717, 1.165) is 32.8 Å². The van der Waals surface area contributed by atoms with Crippen molar-refractivity contribution in [2.24, 2.45) is 0 Å². The van der Waals surface area contributed by atoms with Crippen LogP contribution in [0, 0.1) is 11.3 Å². The topological polar surface area (TPSA) is 47.3 Å². The summed E-state index contributed by atoms with van der Waals surface area (Å²) in [5.41, 5.74) is 1.85. The molecule has 0 unspecified atom stereocenters. The smallest absolute Gasteiger partial charge is 0.229 e. The normalized spacial score (nSPS) is 23.9. The van der Waals surface area contributed by atoms with E-state index >= 15 is 0 Å². The van der Waals surface area contributed by atoms with Gasteiger partial charge in [-0.15, -0.1) is 0 Å². The summed E-state index contributed by atoms with van der Waals surface area (Å²) in [6, 6.07) is 17.5. The van der Waals surface area contributed by atoms with Crippen molar-refractivity contribution < 1.29 is 4.79 Å². The van der Waals surface area contributed by atoms with Gasteiger partial charge in [0, 0.05) is 18.4 Å². The molecule has 2 aromatic rings. The van der Waals surface area contributed by atoms with Gasteiger partial charge in [0.15, 0.2) is 0 Å². The fourth-order valence-corrected chi connectivity index (χ4v) is 6.31. The Kier molecular flexibility index (Phi) is 5.07. The maximum atomic E-state index is 13.2. The van der Waals surface area contributed by atoms with E-state index in [9.17, 15) is 10.1 Å². The van der Waals surface area contributed by atoms with Crippen LogP contribution in [0.15, 0.2) is 53.1 Å². The zero-order chi connectivity index (χ0) is 19.8. The predicted molar refractivity (Wildman–Crippen MR) is 117 cm³/mol. The van der Waals surface area contributed by atoms with Gasteiger partial charge in [0.1, 0.15) is 0 Å². The Bertz CT molecular complexity index is 1010. The summed E-state index contributed by atoms with van der Waals surface area (Å²) in [5, 5.41) is 13.2. The minimum atomic E-state index is -0.154. The number of hydrogen-bond donors (Lipinski definition) is 0. The number of benzene rings is 2. The van der Waals surface area contributed by atoms with Crippen LogP contribution in [0.25, 0.3) is 10.8 Å². The van der Waals surface area contributed by atoms with E-state index in [1.165, 1.54) is 32.1 Å². The van der Waals surface area contributed by atoms with Gasteiger partial charge in [-0.05, 0) is 29.2 Å². The molecule has 29 heavy (non-hydrogen) atoms. The molecule has 2 fully saturated rings. The largest absolute Gasteiger partial charge is 0.292 e. The molecule has 0 spiro atoms. The Hall–Kier alpha value is -2.29. The second-order valence-electron chi connectivity index (χ2n) is 8.27. The number of rotatable bonds is 2. The molecule has 0 aromatic heterocycles. The number of allylic oxidation sites excluding steroid dienone is 1. The standard InChI is InChI=1S/C24H25N3OS/c25-14-22-21(20-12-6-8-17-7-4-5-11-19(17)20)13-23(28)27-15-26(16-29-24(22)27)18-9-2-1-3-10-18/h4-8,11-12,18,21H,1-3,9-10,13,15-16H2/t21-/m1/s1. The van der Waals surface area contributed by atoms with Gasteiger partial charge in [0.2, 0.25) is 5.91 Å². The van der Waals surface area contributed by atoms with Gasteiger partial charge in [-0.1, -0.05) is 73.5 Å². The van der Waals surface area contributed by atoms with E-state index in [0.29, 0.717) is 19.1 Å². The molecule has 3 aliphatic rings. The molecule has 148 valence electrons. The summed E-state index contributed by atoms with van der Waals surface area (Å²) in [4.78, 5) is 17.5. The number of nitrogens with zero attached hydrogens (tertiary/aromatic N) is 3. The predicted octanol–water partition coefficient (Wildman–Crippen LogP) is 5.19. The van der Waals surface area contributed by atoms with Gasteiger partial charge in [-0.25, -0.2) is 0 Å². The van der Waals surface area contributed by atoms with Crippen molar-refractivity contribution in [1.29, 1.82) is 5.26 Å². The van der Waals surface area contributed by atoms with Gasteiger partial charge in [-0.2, -0.15) is 5.26 Å². The number of amides is 1. The summed E-state index contributed by atoms with van der Waals surface area (Å²) in [6.07, 6.45) is 6.73. The first-order chi connectivity index (χ1) is 14.3. The number of fused-ring (bicyclic) bond motifs is 2. The highest BCUT2D eigenvalue weighted by Gasteiger charge is 2.40. The molecule has 0 bridgehead atoms. The first kappa shape index (κ1) is 18.7. The number of nitriles is 1. The Labute approximate surface area is 176 Å². The molecule has 1 saturated carbocycles. The second kappa shape index (κ2) is 7.85. The Balaban J connectivity index is 1.50. The van der Waals surface area contributed by atoms with Gasteiger partial charge >= 0.3 is 0 Å². The number of carbonyl (C=O) groups excluding carboxylic acids is 1. The Morgan fingerprint density at radius 3 is 2.66 bits per heavy atom. The maximum Gasteiger partial charge on any atom is 0.229 e. The molecule has 5 heteroatoms. The highest BCUT2D eigenvalue weighted by Crippen LogP contribution is 2.44. The van der Waals surface area contributed by atoms with Crippen LogP contribution in [-0.4, -0.2) is 34.3 Å². The Morgan fingerprint density at radius 1 is 1.03 bits per heavy atom. The molecule has 0 radical (unpaired) electrons. The van der Waals surface area contributed by atoms with Gasteiger partial charge in [-0.3, -0.25) is 14.6 Å². The monoisotopic (exact) mass is 403 g/mol. The molecule has 2 heterocycles. The van der Waals surface area contributed by atoms with Crippen molar-refractivity contribution in [3.8, 4) is 6.07 Å². The van der Waals surface area contributed by atoms with E-state index < -0.39 is 0 Å². The fraction of sp³-hybridized carbons (Fsp3) is 0.417. The van der Waals surface area contributed by atoms with Crippen molar-refractivity contribution >= 4 is 28.4 Å². The van der Waals surface area contributed by atoms with E-state index in [-0.39, 0.29) is 11.8 Å². The maximum absolute atomic E-state index is 13.2. The molecule has 0 N–H and O–H groups in total. The summed E-state index contributed by atoms with van der Waals surface area (Å²) >= 11 is 1.68.